The van der Waals surface area contributed by atoms with Crippen molar-refractivity contribution in [2.45, 2.75) is 57.3 Å². The Kier molecular flexibility index (Phi) is 8.60. The van der Waals surface area contributed by atoms with Crippen LogP contribution in [0.15, 0.2) is 74.1 Å². The van der Waals surface area contributed by atoms with E-state index in [0.717, 1.165) is 9.54 Å². The van der Waals surface area contributed by atoms with E-state index in [2.05, 4.69) is 95.4 Å². The molecule has 0 radical (unpaired) electrons. The van der Waals surface area contributed by atoms with Gasteiger partial charge in [0.25, 0.3) is 0 Å². The quantitative estimate of drug-likeness (QED) is 0.494. The van der Waals surface area contributed by atoms with E-state index in [9.17, 15) is 0 Å². The van der Waals surface area contributed by atoms with Crippen LogP contribution in [-0.4, -0.2) is 5.43 Å². The van der Waals surface area contributed by atoms with Crippen LogP contribution in [0.3, 0.4) is 0 Å². The summed E-state index contributed by atoms with van der Waals surface area (Å²) >= 11 is -1.92. The number of benzene rings is 2. The van der Waals surface area contributed by atoms with E-state index in [1.807, 2.05) is 8.85 Å². The second-order valence-corrected chi connectivity index (χ2v) is 27.3. The number of allylic oxidation sites excluding steroid dienone is 5. The predicted octanol–water partition coefficient (Wildman–Crippen LogP) is 2.34. The van der Waals surface area contributed by atoms with Gasteiger partial charge in [0.1, 0.15) is 0 Å². The molecule has 172 valence electrons. The molecule has 1 fully saturated rings. The summed E-state index contributed by atoms with van der Waals surface area (Å²) < 4.78 is 2.72. The van der Waals surface area contributed by atoms with Gasteiger partial charge in [0.15, 0.2) is 0 Å². The van der Waals surface area contributed by atoms with Gasteiger partial charge >= 0.3 is 197 Å². The molecule has 0 aliphatic heterocycles. The first kappa shape index (κ1) is 26.9. The number of fused-ring (bicyclic) bond motifs is 1. The van der Waals surface area contributed by atoms with Crippen LogP contribution in [0.4, 0.5) is 0 Å². The summed E-state index contributed by atoms with van der Waals surface area (Å²) in [7, 11) is 0. The first-order chi connectivity index (χ1) is 14.9. The van der Waals surface area contributed by atoms with Crippen molar-refractivity contribution in [3.8, 4) is 11.1 Å². The topological polar surface area (TPSA) is 0 Å². The van der Waals surface area contributed by atoms with Gasteiger partial charge in [-0.2, -0.15) is 0 Å². The molecule has 0 amide bonds. The van der Waals surface area contributed by atoms with Crippen LogP contribution in [0, 0.1) is 11.8 Å². The van der Waals surface area contributed by atoms with E-state index in [4.69, 9.17) is 0 Å². The van der Waals surface area contributed by atoms with Crippen molar-refractivity contribution in [3.63, 3.8) is 0 Å². The maximum absolute atomic E-state index is 2.66. The van der Waals surface area contributed by atoms with Crippen molar-refractivity contribution < 1.29 is 45.2 Å². The maximum Gasteiger partial charge on any atom is -1.00 e. The minimum Gasteiger partial charge on any atom is -1.00 e. The summed E-state index contributed by atoms with van der Waals surface area (Å²) in [5, 5.41) is 0. The van der Waals surface area contributed by atoms with Gasteiger partial charge in [-0.15, -0.1) is 0 Å². The van der Waals surface area contributed by atoms with Gasteiger partial charge in [-0.05, 0) is 0 Å². The molecular formula is C29H34Cl2SiZr. The van der Waals surface area contributed by atoms with Crippen molar-refractivity contribution in [2.24, 2.45) is 11.8 Å². The summed E-state index contributed by atoms with van der Waals surface area (Å²) in [4.78, 5) is 0. The Balaban J connectivity index is 0.00000153. The van der Waals surface area contributed by atoms with Crippen molar-refractivity contribution >= 4 is 11.5 Å². The van der Waals surface area contributed by atoms with Gasteiger partial charge in [-0.25, -0.2) is 0 Å². The van der Waals surface area contributed by atoms with Gasteiger partial charge < -0.3 is 24.8 Å². The molecular weight excluding hydrogens is 539 g/mol. The number of hydrogen-bond donors (Lipinski definition) is 0. The van der Waals surface area contributed by atoms with Crippen molar-refractivity contribution in [2.75, 3.05) is 0 Å². The van der Waals surface area contributed by atoms with Gasteiger partial charge in [0.05, 0.1) is 0 Å². The Morgan fingerprint density at radius 2 is 1.52 bits per heavy atom. The molecule has 2 aromatic rings. The third kappa shape index (κ3) is 4.63. The largest absolute Gasteiger partial charge is 1.00 e. The zero-order valence-electron chi connectivity index (χ0n) is 20.6. The number of hydrogen-bond acceptors (Lipinski definition) is 0. The molecule has 1 saturated carbocycles. The minimum atomic E-state index is -1.92. The molecule has 0 saturated heterocycles. The van der Waals surface area contributed by atoms with Crippen LogP contribution < -0.4 is 24.8 Å². The summed E-state index contributed by atoms with van der Waals surface area (Å²) in [6.07, 6.45) is 5.48. The summed E-state index contributed by atoms with van der Waals surface area (Å²) in [5.74, 6) is 1.53. The van der Waals surface area contributed by atoms with Crippen LogP contribution in [0.25, 0.3) is 17.2 Å². The van der Waals surface area contributed by atoms with Crippen LogP contribution in [0.1, 0.15) is 55.3 Å². The monoisotopic (exact) mass is 570 g/mol. The fraction of sp³-hybridized carbons (Fsp3) is 0.379. The molecule has 2 unspecified atom stereocenters. The van der Waals surface area contributed by atoms with Crippen LogP contribution >= 0.6 is 0 Å². The second-order valence-electron chi connectivity index (χ2n) is 10.0. The van der Waals surface area contributed by atoms with Crippen LogP contribution in [0.5, 0.6) is 0 Å². The van der Waals surface area contributed by atoms with Crippen LogP contribution in [0.2, 0.25) is 13.1 Å². The predicted molar refractivity (Wildman–Crippen MR) is 133 cm³/mol. The average Bonchev–Trinajstić information content (AvgIpc) is 3.52. The third-order valence-electron chi connectivity index (χ3n) is 7.99. The zero-order valence-corrected chi connectivity index (χ0v) is 25.6. The van der Waals surface area contributed by atoms with E-state index in [0.29, 0.717) is 5.92 Å². The SMILES string of the molecule is CC1=C(C)C(C)[C]([Zr+2]([CH]2C(C3CC3)=Cc3c(-c4ccccc4)cccc32)=[Si](C)C)=C1C.[Cl-].[Cl-]. The Bertz CT molecular complexity index is 1200. The van der Waals surface area contributed by atoms with E-state index in [1.54, 1.807) is 27.8 Å². The summed E-state index contributed by atoms with van der Waals surface area (Å²) in [6.45, 7) is 15.0. The van der Waals surface area contributed by atoms with Crippen molar-refractivity contribution in [1.82, 2.24) is 0 Å². The first-order valence-electron chi connectivity index (χ1n) is 11.9. The Morgan fingerprint density at radius 3 is 2.06 bits per heavy atom. The molecule has 0 nitrogen and oxygen atoms in total. The number of rotatable bonds is 4. The summed E-state index contributed by atoms with van der Waals surface area (Å²) in [6, 6.07) is 18.2. The molecule has 5 rings (SSSR count). The van der Waals surface area contributed by atoms with E-state index >= 15 is 0 Å². The van der Waals surface area contributed by atoms with Gasteiger partial charge in [-0.1, -0.05) is 0 Å². The molecule has 3 aliphatic carbocycles. The smallest absolute Gasteiger partial charge is 1.00 e. The molecule has 3 aliphatic rings. The fourth-order valence-electron chi connectivity index (χ4n) is 5.90. The van der Waals surface area contributed by atoms with Crippen molar-refractivity contribution in [3.05, 3.63) is 85.2 Å². The van der Waals surface area contributed by atoms with E-state index in [-0.39, 0.29) is 30.2 Å². The molecule has 0 heterocycles. The van der Waals surface area contributed by atoms with Gasteiger partial charge in [0, 0.05) is 0 Å². The Morgan fingerprint density at radius 1 is 0.848 bits per heavy atom. The molecule has 33 heavy (non-hydrogen) atoms. The van der Waals surface area contributed by atoms with Crippen molar-refractivity contribution in [1.29, 1.82) is 0 Å². The Hall–Kier alpha value is -0.660. The van der Waals surface area contributed by atoms with Gasteiger partial charge in [-0.3, -0.25) is 0 Å². The molecule has 2 atom stereocenters. The standard InChI is InChI=1S/C18H15.C9H13.C2H6Si.2ClH.Zr/c1-2-5-14(6-3-1)17-8-4-7-15-11-16(12-18(15)17)13-9-10-13;1-6-5-7(2)9(4)8(6)3;1-3-2;;;/h1-8,11-13H,9-10H2;6H,1-4H3;1-2H3;2*1H;/q;;;;;+2/p-2. The molecule has 0 bridgehead atoms. The van der Waals surface area contributed by atoms with E-state index in [1.165, 1.54) is 24.0 Å². The normalized spacial score (nSPS) is 21.1. The molecule has 2 aromatic carbocycles. The minimum absolute atomic E-state index is 0. The molecule has 4 heteroatoms. The molecule has 0 spiro atoms. The Labute approximate surface area is 220 Å². The maximum atomic E-state index is 2.66. The number of halogens is 2. The second kappa shape index (κ2) is 10.5. The molecule has 0 N–H and O–H groups in total. The zero-order chi connectivity index (χ0) is 21.9. The average molecular weight is 573 g/mol. The molecule has 0 aromatic heterocycles. The van der Waals surface area contributed by atoms with E-state index < -0.39 is 20.4 Å². The van der Waals surface area contributed by atoms with Crippen LogP contribution in [-0.2, 0) is 20.4 Å². The fourth-order valence-corrected chi connectivity index (χ4v) is 26.4. The third-order valence-corrected chi connectivity index (χ3v) is 26.7. The van der Waals surface area contributed by atoms with Gasteiger partial charge in [0.2, 0.25) is 0 Å². The summed E-state index contributed by atoms with van der Waals surface area (Å²) in [5.41, 5.74) is 12.4. The first-order valence-corrected chi connectivity index (χ1v) is 20.7.